The van der Waals surface area contributed by atoms with Crippen molar-refractivity contribution in [2.75, 3.05) is 20.2 Å². The van der Waals surface area contributed by atoms with Gasteiger partial charge in [0.15, 0.2) is 0 Å². The Hall–Kier alpha value is -2.24. The molecule has 0 amide bonds. The number of aryl methyl sites for hydroxylation is 1. The van der Waals surface area contributed by atoms with Gasteiger partial charge in [-0.15, -0.1) is 0 Å². The van der Waals surface area contributed by atoms with Crippen LogP contribution in [0.25, 0.3) is 11.0 Å². The molecule has 0 aliphatic carbocycles. The molecule has 1 aliphatic rings. The molecular formula is C25H32ClN3O2. The summed E-state index contributed by atoms with van der Waals surface area (Å²) in [4.78, 5) is 4.87. The number of unbranched alkanes of at least 4 members (excludes halogenated alkanes) is 2. The van der Waals surface area contributed by atoms with Crippen LogP contribution in [0.4, 0.5) is 0 Å². The van der Waals surface area contributed by atoms with E-state index in [4.69, 9.17) is 26.1 Å². The number of para-hydroxylation sites is 1. The van der Waals surface area contributed by atoms with Crippen LogP contribution in [0.1, 0.15) is 44.3 Å². The maximum Gasteiger partial charge on any atom is 0.148 e. The highest BCUT2D eigenvalue weighted by molar-refractivity contribution is 6.30. The van der Waals surface area contributed by atoms with Crippen LogP contribution in [0, 0.1) is 5.92 Å². The molecule has 31 heavy (non-hydrogen) atoms. The zero-order valence-electron chi connectivity index (χ0n) is 18.3. The van der Waals surface area contributed by atoms with Crippen molar-refractivity contribution < 1.29 is 9.47 Å². The predicted molar refractivity (Wildman–Crippen MR) is 126 cm³/mol. The maximum absolute atomic E-state index is 6.01. The van der Waals surface area contributed by atoms with Gasteiger partial charge < -0.3 is 19.4 Å². The Labute approximate surface area is 189 Å². The monoisotopic (exact) mass is 441 g/mol. The van der Waals surface area contributed by atoms with Crippen LogP contribution in [0.15, 0.2) is 42.5 Å². The molecule has 5 nitrogen and oxygen atoms in total. The second kappa shape index (κ2) is 10.9. The van der Waals surface area contributed by atoms with Crippen molar-refractivity contribution in [2.45, 2.75) is 51.7 Å². The van der Waals surface area contributed by atoms with E-state index in [1.54, 1.807) is 7.11 Å². The van der Waals surface area contributed by atoms with E-state index in [1.165, 1.54) is 45.2 Å². The van der Waals surface area contributed by atoms with Crippen LogP contribution in [0.3, 0.4) is 0 Å². The lowest BCUT2D eigenvalue weighted by Gasteiger charge is -2.22. The molecular weight excluding hydrogens is 410 g/mol. The number of nitrogens with one attached hydrogen (secondary N) is 1. The first-order valence-electron chi connectivity index (χ1n) is 11.4. The lowest BCUT2D eigenvalue weighted by Crippen LogP contribution is -2.29. The smallest absolute Gasteiger partial charge is 0.148 e. The van der Waals surface area contributed by atoms with Gasteiger partial charge in [0.25, 0.3) is 0 Å². The summed E-state index contributed by atoms with van der Waals surface area (Å²) in [5.74, 6) is 3.37. The molecule has 166 valence electrons. The number of nitrogens with zero attached hydrogens (tertiary/aromatic N) is 2. The van der Waals surface area contributed by atoms with Gasteiger partial charge >= 0.3 is 0 Å². The van der Waals surface area contributed by atoms with Crippen LogP contribution in [0.2, 0.25) is 5.02 Å². The largest absolute Gasteiger partial charge is 0.494 e. The van der Waals surface area contributed by atoms with Crippen molar-refractivity contribution in [1.29, 1.82) is 0 Å². The summed E-state index contributed by atoms with van der Waals surface area (Å²) in [5.41, 5.74) is 2.00. The summed E-state index contributed by atoms with van der Waals surface area (Å²) in [6, 6.07) is 13.5. The highest BCUT2D eigenvalue weighted by Crippen LogP contribution is 2.27. The maximum atomic E-state index is 6.01. The van der Waals surface area contributed by atoms with E-state index in [9.17, 15) is 0 Å². The Morgan fingerprint density at radius 1 is 1.13 bits per heavy atom. The fraction of sp³-hybridized carbons (Fsp3) is 0.480. The minimum Gasteiger partial charge on any atom is -0.494 e. The van der Waals surface area contributed by atoms with Crippen LogP contribution >= 0.6 is 11.6 Å². The minimum absolute atomic E-state index is 0.410. The topological polar surface area (TPSA) is 48.3 Å². The molecule has 4 rings (SSSR count). The number of aromatic nitrogens is 2. The van der Waals surface area contributed by atoms with Gasteiger partial charge in [0, 0.05) is 11.6 Å². The van der Waals surface area contributed by atoms with Crippen LogP contribution < -0.4 is 14.8 Å². The van der Waals surface area contributed by atoms with Crippen molar-refractivity contribution in [3.8, 4) is 11.5 Å². The summed E-state index contributed by atoms with van der Waals surface area (Å²) in [5, 5.41) is 4.22. The first kappa shape index (κ1) is 22.0. The van der Waals surface area contributed by atoms with Gasteiger partial charge in [-0.25, -0.2) is 4.98 Å². The molecule has 3 aromatic rings. The summed E-state index contributed by atoms with van der Waals surface area (Å²) >= 11 is 5.98. The van der Waals surface area contributed by atoms with E-state index >= 15 is 0 Å². The molecule has 1 aromatic heterocycles. The second-order valence-electron chi connectivity index (χ2n) is 8.31. The third-order valence-electron chi connectivity index (χ3n) is 6.12. The molecule has 2 aromatic carbocycles. The molecule has 1 N–H and O–H groups in total. The van der Waals surface area contributed by atoms with Crippen LogP contribution in [0.5, 0.6) is 11.5 Å². The molecule has 2 heterocycles. The number of piperidine rings is 1. The zero-order valence-corrected chi connectivity index (χ0v) is 19.0. The average Bonchev–Trinajstić information content (AvgIpc) is 3.17. The highest BCUT2D eigenvalue weighted by atomic mass is 35.5. The molecule has 1 unspecified atom stereocenters. The van der Waals surface area contributed by atoms with Gasteiger partial charge in [0.05, 0.1) is 12.6 Å². The summed E-state index contributed by atoms with van der Waals surface area (Å²) < 4.78 is 13.8. The fourth-order valence-electron chi connectivity index (χ4n) is 4.42. The molecule has 0 bridgehead atoms. The number of rotatable bonds is 10. The van der Waals surface area contributed by atoms with Gasteiger partial charge in [-0.05, 0) is 81.1 Å². The SMILES string of the molecule is COc1cccc2c1nc(COc1ccc(Cl)cc1)n2CCCCCC1CCCNC1. The second-order valence-corrected chi connectivity index (χ2v) is 8.75. The van der Waals surface area contributed by atoms with Gasteiger partial charge in [-0.2, -0.15) is 0 Å². The molecule has 0 radical (unpaired) electrons. The molecule has 1 fully saturated rings. The van der Waals surface area contributed by atoms with E-state index in [1.807, 2.05) is 36.4 Å². The van der Waals surface area contributed by atoms with E-state index in [0.717, 1.165) is 47.2 Å². The predicted octanol–water partition coefficient (Wildman–Crippen LogP) is 5.84. The van der Waals surface area contributed by atoms with E-state index in [-0.39, 0.29) is 0 Å². The molecule has 0 saturated carbocycles. The Morgan fingerprint density at radius 3 is 2.77 bits per heavy atom. The van der Waals surface area contributed by atoms with Crippen LogP contribution in [-0.4, -0.2) is 29.8 Å². The number of benzene rings is 2. The quantitative estimate of drug-likeness (QED) is 0.401. The first-order valence-corrected chi connectivity index (χ1v) is 11.7. The van der Waals surface area contributed by atoms with E-state index in [0.29, 0.717) is 11.6 Å². The van der Waals surface area contributed by atoms with Crippen molar-refractivity contribution in [3.63, 3.8) is 0 Å². The van der Waals surface area contributed by atoms with Crippen molar-refractivity contribution in [3.05, 3.63) is 53.3 Å². The lowest BCUT2D eigenvalue weighted by molar-refractivity contribution is 0.289. The number of methoxy groups -OCH3 is 1. The van der Waals surface area contributed by atoms with Gasteiger partial charge in [-0.1, -0.05) is 30.5 Å². The Balaban J connectivity index is 1.41. The van der Waals surface area contributed by atoms with Crippen molar-refractivity contribution >= 4 is 22.6 Å². The first-order chi connectivity index (χ1) is 15.2. The molecule has 6 heteroatoms. The Kier molecular flexibility index (Phi) is 7.71. The summed E-state index contributed by atoms with van der Waals surface area (Å²) in [6.45, 7) is 3.73. The number of hydrogen-bond acceptors (Lipinski definition) is 4. The molecule has 1 aliphatic heterocycles. The number of ether oxygens (including phenoxy) is 2. The number of imidazole rings is 1. The number of halogens is 1. The van der Waals surface area contributed by atoms with Gasteiger partial charge in [0.2, 0.25) is 0 Å². The third-order valence-corrected chi connectivity index (χ3v) is 6.37. The minimum atomic E-state index is 0.410. The third kappa shape index (κ3) is 5.72. The fourth-order valence-corrected chi connectivity index (χ4v) is 4.55. The number of fused-ring (bicyclic) bond motifs is 1. The number of hydrogen-bond donors (Lipinski definition) is 1. The van der Waals surface area contributed by atoms with E-state index in [2.05, 4.69) is 16.0 Å². The average molecular weight is 442 g/mol. The molecule has 1 saturated heterocycles. The van der Waals surface area contributed by atoms with Crippen molar-refractivity contribution in [2.24, 2.45) is 5.92 Å². The Morgan fingerprint density at radius 2 is 2.00 bits per heavy atom. The Bertz CT molecular complexity index is 965. The summed E-state index contributed by atoms with van der Waals surface area (Å²) in [7, 11) is 1.69. The van der Waals surface area contributed by atoms with Crippen LogP contribution in [-0.2, 0) is 13.2 Å². The van der Waals surface area contributed by atoms with Gasteiger partial charge in [0.1, 0.15) is 29.4 Å². The lowest BCUT2D eigenvalue weighted by atomic mass is 9.94. The standard InChI is InChI=1S/C25H32ClN3O2/c1-30-23-10-5-9-22-25(23)28-24(18-31-21-13-11-20(26)12-14-21)29(22)16-4-2-3-7-19-8-6-15-27-17-19/h5,9-14,19,27H,2-4,6-8,15-18H2,1H3. The molecule has 0 spiro atoms. The van der Waals surface area contributed by atoms with E-state index < -0.39 is 0 Å². The van der Waals surface area contributed by atoms with Crippen molar-refractivity contribution in [1.82, 2.24) is 14.9 Å². The molecule has 1 atom stereocenters. The van der Waals surface area contributed by atoms with Gasteiger partial charge in [-0.3, -0.25) is 0 Å². The summed E-state index contributed by atoms with van der Waals surface area (Å²) in [6.07, 6.45) is 7.70. The highest BCUT2D eigenvalue weighted by Gasteiger charge is 2.15. The normalized spacial score (nSPS) is 16.5. The zero-order chi connectivity index (χ0) is 21.5.